The Morgan fingerprint density at radius 2 is 1.83 bits per heavy atom. The third-order valence-electron chi connectivity index (χ3n) is 7.64. The smallest absolute Gasteiger partial charge is 0.258 e. The van der Waals surface area contributed by atoms with Crippen molar-refractivity contribution in [2.45, 2.75) is 59.8 Å². The van der Waals surface area contributed by atoms with Crippen molar-refractivity contribution in [3.05, 3.63) is 71.4 Å². The number of hydrogen-bond donors (Lipinski definition) is 1. The van der Waals surface area contributed by atoms with Gasteiger partial charge in [-0.3, -0.25) is 4.79 Å². The molecule has 7 nitrogen and oxygen atoms in total. The average molecular weight is 562 g/mol. The number of aryl methyl sites for hydroxylation is 1. The largest absolute Gasteiger partial charge is 0.493 e. The summed E-state index contributed by atoms with van der Waals surface area (Å²) in [5, 5.41) is 5.98. The number of ether oxygens (including phenoxy) is 1. The van der Waals surface area contributed by atoms with Crippen molar-refractivity contribution in [2.24, 2.45) is 22.2 Å². The lowest BCUT2D eigenvalue weighted by Crippen LogP contribution is -2.35. The van der Waals surface area contributed by atoms with Crippen LogP contribution in [0.15, 0.2) is 65.4 Å². The van der Waals surface area contributed by atoms with Crippen molar-refractivity contribution >= 4 is 17.8 Å². The van der Waals surface area contributed by atoms with E-state index in [4.69, 9.17) is 10.5 Å². The number of anilines is 1. The first-order valence-electron chi connectivity index (χ1n) is 15.0. The van der Waals surface area contributed by atoms with E-state index in [1.807, 2.05) is 69.6 Å². The highest BCUT2D eigenvalue weighted by Gasteiger charge is 2.22. The third-order valence-corrected chi connectivity index (χ3v) is 7.64. The summed E-state index contributed by atoms with van der Waals surface area (Å²) in [4.78, 5) is 18.1. The summed E-state index contributed by atoms with van der Waals surface area (Å²) in [6.07, 6.45) is 9.29. The molecule has 1 aliphatic rings. The minimum Gasteiger partial charge on any atom is -0.493 e. The molecule has 0 saturated carbocycles. The molecule has 2 N–H and O–H groups in total. The van der Waals surface area contributed by atoms with Gasteiger partial charge in [0, 0.05) is 37.1 Å². The molecule has 1 heterocycles. The molecule has 0 radical (unpaired) electrons. The Bertz CT molecular complexity index is 1150. The summed E-state index contributed by atoms with van der Waals surface area (Å²) < 4.78 is 6.16. The van der Waals surface area contributed by atoms with E-state index in [-0.39, 0.29) is 5.91 Å². The highest BCUT2D eigenvalue weighted by molar-refractivity contribution is 6.07. The van der Waals surface area contributed by atoms with Gasteiger partial charge in [0.1, 0.15) is 5.75 Å². The molecule has 0 bridgehead atoms. The zero-order chi connectivity index (χ0) is 29.8. The van der Waals surface area contributed by atoms with Crippen molar-refractivity contribution in [1.29, 1.82) is 0 Å². The molecule has 0 unspecified atom stereocenters. The van der Waals surface area contributed by atoms with Gasteiger partial charge >= 0.3 is 0 Å². The molecule has 0 spiro atoms. The number of hydrazone groups is 1. The normalized spacial score (nSPS) is 15.3. The van der Waals surface area contributed by atoms with Gasteiger partial charge in [0.05, 0.1) is 19.4 Å². The van der Waals surface area contributed by atoms with Crippen LogP contribution in [0.25, 0.3) is 0 Å². The number of benzene rings is 2. The van der Waals surface area contributed by atoms with Crippen LogP contribution >= 0.6 is 0 Å². The zero-order valence-corrected chi connectivity index (χ0v) is 26.1. The second kappa shape index (κ2) is 15.6. The number of nitrogens with zero attached hydrogens (tertiary/aromatic N) is 4. The monoisotopic (exact) mass is 561 g/mol. The molecule has 0 aliphatic carbocycles. The number of likely N-dealkylation sites (tertiary alicyclic amines) is 1. The number of piperidine rings is 1. The second-order valence-corrected chi connectivity index (χ2v) is 12.6. The highest BCUT2D eigenvalue weighted by atomic mass is 16.5. The Morgan fingerprint density at radius 3 is 2.44 bits per heavy atom. The lowest BCUT2D eigenvalue weighted by Gasteiger charge is -2.33. The minimum atomic E-state index is -0.0997. The molecule has 1 saturated heterocycles. The van der Waals surface area contributed by atoms with Gasteiger partial charge in [-0.1, -0.05) is 39.0 Å². The predicted molar refractivity (Wildman–Crippen MR) is 172 cm³/mol. The van der Waals surface area contributed by atoms with Gasteiger partial charge in [-0.2, -0.15) is 5.10 Å². The van der Waals surface area contributed by atoms with E-state index in [1.54, 1.807) is 16.1 Å². The molecule has 3 rings (SSSR count). The minimum absolute atomic E-state index is 0.0997. The zero-order valence-electron chi connectivity index (χ0n) is 26.1. The molecule has 0 atom stereocenters. The lowest BCUT2D eigenvalue weighted by molar-refractivity contribution is 0.0989. The van der Waals surface area contributed by atoms with Crippen molar-refractivity contribution in [2.75, 3.05) is 51.8 Å². The topological polar surface area (TPSA) is 74.4 Å². The summed E-state index contributed by atoms with van der Waals surface area (Å²) in [5.74, 6) is 1.53. The van der Waals surface area contributed by atoms with Crippen LogP contribution in [0.4, 0.5) is 5.69 Å². The molecule has 7 heteroatoms. The molecule has 2 aromatic carbocycles. The molecular weight excluding hydrogens is 510 g/mol. The molecule has 0 aromatic heterocycles. The number of carbonyl (C=O) groups excluding carboxylic acids is 1. The summed E-state index contributed by atoms with van der Waals surface area (Å²) in [5.41, 5.74) is 9.39. The van der Waals surface area contributed by atoms with Crippen molar-refractivity contribution in [3.8, 4) is 5.75 Å². The molecule has 224 valence electrons. The standard InChI is InChI=1S/C34H51N5O2/c1-27-23-30(33(40)39(31-12-8-7-9-13-31)26-29(24-35)25-36-37(5)6)14-15-32(27)41-22-10-11-28-16-19-38(20-17-28)21-18-34(2,3)4/h7-9,12-15,23-25,28H,10-11,16-22,26,35H2,1-6H3/b29-24-,36-25-. The van der Waals surface area contributed by atoms with Gasteiger partial charge < -0.3 is 25.3 Å². The summed E-state index contributed by atoms with van der Waals surface area (Å²) in [6, 6.07) is 15.3. The average Bonchev–Trinajstić information content (AvgIpc) is 2.95. The Balaban J connectivity index is 1.54. The number of hydrogen-bond acceptors (Lipinski definition) is 6. The van der Waals surface area contributed by atoms with E-state index in [0.717, 1.165) is 34.9 Å². The van der Waals surface area contributed by atoms with Crippen LogP contribution in [0.5, 0.6) is 5.75 Å². The maximum Gasteiger partial charge on any atom is 0.258 e. The van der Waals surface area contributed by atoms with E-state index in [1.165, 1.54) is 51.5 Å². The van der Waals surface area contributed by atoms with Crippen LogP contribution in [0.1, 0.15) is 68.8 Å². The van der Waals surface area contributed by atoms with Crippen LogP contribution in [-0.2, 0) is 0 Å². The molecular formula is C34H51N5O2. The maximum absolute atomic E-state index is 13.7. The highest BCUT2D eigenvalue weighted by Crippen LogP contribution is 2.26. The van der Waals surface area contributed by atoms with E-state index in [0.29, 0.717) is 24.1 Å². The van der Waals surface area contributed by atoms with Crippen molar-refractivity contribution in [1.82, 2.24) is 9.91 Å². The Kier molecular flexibility index (Phi) is 12.3. The molecule has 1 aliphatic heterocycles. The van der Waals surface area contributed by atoms with Gasteiger partial charge in [0.25, 0.3) is 5.91 Å². The SMILES string of the molecule is Cc1cc(C(=O)N(CC(/C=N\N(C)C)=C\N)c2ccccc2)ccc1OCCCC1CCN(CCC(C)(C)C)CC1. The molecule has 1 fully saturated rings. The predicted octanol–water partition coefficient (Wildman–Crippen LogP) is 6.34. The van der Waals surface area contributed by atoms with Crippen molar-refractivity contribution in [3.63, 3.8) is 0 Å². The fourth-order valence-corrected chi connectivity index (χ4v) is 5.04. The maximum atomic E-state index is 13.7. The summed E-state index contributed by atoms with van der Waals surface area (Å²) in [7, 11) is 3.69. The first-order valence-corrected chi connectivity index (χ1v) is 15.0. The second-order valence-electron chi connectivity index (χ2n) is 12.6. The van der Waals surface area contributed by atoms with Crippen LogP contribution < -0.4 is 15.4 Å². The Morgan fingerprint density at radius 1 is 1.12 bits per heavy atom. The first-order chi connectivity index (χ1) is 19.6. The number of para-hydroxylation sites is 1. The number of carbonyl (C=O) groups is 1. The van der Waals surface area contributed by atoms with Crippen LogP contribution in [0.2, 0.25) is 0 Å². The molecule has 2 aromatic rings. The van der Waals surface area contributed by atoms with Gasteiger partial charge in [0.15, 0.2) is 0 Å². The Labute approximate surface area is 248 Å². The van der Waals surface area contributed by atoms with Crippen LogP contribution in [0.3, 0.4) is 0 Å². The van der Waals surface area contributed by atoms with Gasteiger partial charge in [-0.15, -0.1) is 0 Å². The Hall–Kier alpha value is -3.32. The number of rotatable bonds is 13. The number of nitrogens with two attached hydrogens (primary N) is 1. The third kappa shape index (κ3) is 10.9. The first kappa shape index (κ1) is 32.2. The van der Waals surface area contributed by atoms with Crippen molar-refractivity contribution < 1.29 is 9.53 Å². The summed E-state index contributed by atoms with van der Waals surface area (Å²) in [6.45, 7) is 13.7. The van der Waals surface area contributed by atoms with E-state index < -0.39 is 0 Å². The molecule has 41 heavy (non-hydrogen) atoms. The van der Waals surface area contributed by atoms with Gasteiger partial charge in [0.2, 0.25) is 0 Å². The van der Waals surface area contributed by atoms with E-state index >= 15 is 0 Å². The fourth-order valence-electron chi connectivity index (χ4n) is 5.04. The van der Waals surface area contributed by atoms with Gasteiger partial charge in [-0.25, -0.2) is 0 Å². The quantitative estimate of drug-likeness (QED) is 0.176. The van der Waals surface area contributed by atoms with Gasteiger partial charge in [-0.05, 0) is 106 Å². The summed E-state index contributed by atoms with van der Waals surface area (Å²) >= 11 is 0. The van der Waals surface area contributed by atoms with E-state index in [2.05, 4.69) is 30.8 Å². The molecule has 1 amide bonds. The fraction of sp³-hybridized carbons (Fsp3) is 0.529. The lowest BCUT2D eigenvalue weighted by atomic mass is 9.89. The van der Waals surface area contributed by atoms with Crippen LogP contribution in [-0.4, -0.2) is 68.9 Å². The van der Waals surface area contributed by atoms with Crippen LogP contribution in [0, 0.1) is 18.3 Å². The number of amides is 1. The van der Waals surface area contributed by atoms with E-state index in [9.17, 15) is 4.79 Å².